The van der Waals surface area contributed by atoms with E-state index in [0.717, 1.165) is 12.4 Å². The molecule has 4 heteroatoms. The smallest absolute Gasteiger partial charge is 0.224 e. The van der Waals surface area contributed by atoms with Crippen molar-refractivity contribution in [2.75, 3.05) is 17.2 Å². The Morgan fingerprint density at radius 3 is 2.93 bits per heavy atom. The van der Waals surface area contributed by atoms with E-state index >= 15 is 0 Å². The molecule has 0 bridgehead atoms. The fourth-order valence-electron chi connectivity index (χ4n) is 1.96. The number of hydrogen-bond acceptors (Lipinski definition) is 4. The number of hydrogen-bond donors (Lipinski definition) is 2. The van der Waals surface area contributed by atoms with Crippen LogP contribution < -0.4 is 10.6 Å². The van der Waals surface area contributed by atoms with Gasteiger partial charge in [-0.05, 0) is 25.8 Å². The first-order chi connectivity index (χ1) is 7.38. The lowest BCUT2D eigenvalue weighted by molar-refractivity contribution is 0.750. The molecule has 15 heavy (non-hydrogen) atoms. The third-order valence-corrected chi connectivity index (χ3v) is 2.70. The fourth-order valence-corrected chi connectivity index (χ4v) is 1.96. The summed E-state index contributed by atoms with van der Waals surface area (Å²) in [6.45, 7) is 2.90. The van der Waals surface area contributed by atoms with Crippen molar-refractivity contribution in [3.05, 3.63) is 12.3 Å². The van der Waals surface area contributed by atoms with Crippen LogP contribution >= 0.6 is 0 Å². The summed E-state index contributed by atoms with van der Waals surface area (Å²) in [5.41, 5.74) is 0. The largest absolute Gasteiger partial charge is 0.367 e. The molecule has 1 fully saturated rings. The first-order valence-electron chi connectivity index (χ1n) is 5.72. The standard InChI is InChI=1S/C11H18N4/c1-2-12-11-13-8-7-10(15-11)14-9-5-3-4-6-9/h7-9H,2-6H2,1H3,(H2,12,13,14,15). The minimum Gasteiger partial charge on any atom is -0.367 e. The van der Waals surface area contributed by atoms with Gasteiger partial charge >= 0.3 is 0 Å². The molecule has 1 aliphatic rings. The van der Waals surface area contributed by atoms with Crippen LogP contribution in [-0.4, -0.2) is 22.6 Å². The highest BCUT2D eigenvalue weighted by Gasteiger charge is 2.14. The minimum absolute atomic E-state index is 0.606. The summed E-state index contributed by atoms with van der Waals surface area (Å²) < 4.78 is 0. The zero-order chi connectivity index (χ0) is 10.5. The molecular formula is C11H18N4. The van der Waals surface area contributed by atoms with Crippen molar-refractivity contribution < 1.29 is 0 Å². The summed E-state index contributed by atoms with van der Waals surface area (Å²) in [5.74, 6) is 1.65. The lowest BCUT2D eigenvalue weighted by Crippen LogP contribution is -2.16. The molecule has 1 aromatic rings. The second kappa shape index (κ2) is 4.96. The van der Waals surface area contributed by atoms with E-state index in [-0.39, 0.29) is 0 Å². The Morgan fingerprint density at radius 1 is 1.40 bits per heavy atom. The van der Waals surface area contributed by atoms with Crippen LogP contribution in [0.1, 0.15) is 32.6 Å². The Balaban J connectivity index is 1.97. The van der Waals surface area contributed by atoms with Gasteiger partial charge < -0.3 is 10.6 Å². The fraction of sp³-hybridized carbons (Fsp3) is 0.636. The molecule has 0 saturated heterocycles. The molecule has 0 atom stereocenters. The van der Waals surface area contributed by atoms with Crippen molar-refractivity contribution in [1.82, 2.24) is 9.97 Å². The molecular weight excluding hydrogens is 188 g/mol. The minimum atomic E-state index is 0.606. The summed E-state index contributed by atoms with van der Waals surface area (Å²) in [4.78, 5) is 8.53. The second-order valence-corrected chi connectivity index (χ2v) is 3.92. The van der Waals surface area contributed by atoms with Crippen molar-refractivity contribution in [3.8, 4) is 0 Å². The summed E-state index contributed by atoms with van der Waals surface area (Å²) in [5, 5.41) is 6.56. The van der Waals surface area contributed by atoms with Crippen molar-refractivity contribution >= 4 is 11.8 Å². The summed E-state index contributed by atoms with van der Waals surface area (Å²) in [6.07, 6.45) is 7.00. The first-order valence-corrected chi connectivity index (χ1v) is 5.72. The van der Waals surface area contributed by atoms with Gasteiger partial charge in [-0.2, -0.15) is 4.98 Å². The molecule has 1 aliphatic carbocycles. The number of rotatable bonds is 4. The number of nitrogens with zero attached hydrogens (tertiary/aromatic N) is 2. The topological polar surface area (TPSA) is 49.8 Å². The zero-order valence-corrected chi connectivity index (χ0v) is 9.16. The first kappa shape index (κ1) is 10.2. The summed E-state index contributed by atoms with van der Waals surface area (Å²) >= 11 is 0. The lowest BCUT2D eigenvalue weighted by atomic mass is 10.2. The van der Waals surface area contributed by atoms with Gasteiger partial charge in [-0.25, -0.2) is 4.98 Å². The molecule has 2 rings (SSSR count). The highest BCUT2D eigenvalue weighted by molar-refractivity contribution is 5.40. The van der Waals surface area contributed by atoms with Gasteiger partial charge in [0.2, 0.25) is 5.95 Å². The molecule has 0 aliphatic heterocycles. The van der Waals surface area contributed by atoms with Crippen molar-refractivity contribution in [1.29, 1.82) is 0 Å². The van der Waals surface area contributed by atoms with E-state index in [0.29, 0.717) is 12.0 Å². The average molecular weight is 206 g/mol. The lowest BCUT2D eigenvalue weighted by Gasteiger charge is -2.12. The van der Waals surface area contributed by atoms with Crippen LogP contribution in [0, 0.1) is 0 Å². The van der Waals surface area contributed by atoms with Crippen LogP contribution in [0.25, 0.3) is 0 Å². The van der Waals surface area contributed by atoms with Crippen LogP contribution in [0.5, 0.6) is 0 Å². The quantitative estimate of drug-likeness (QED) is 0.793. The third kappa shape index (κ3) is 2.81. The highest BCUT2D eigenvalue weighted by atomic mass is 15.1. The number of anilines is 2. The maximum Gasteiger partial charge on any atom is 0.224 e. The van der Waals surface area contributed by atoms with Crippen LogP contribution in [0.4, 0.5) is 11.8 Å². The molecule has 1 aromatic heterocycles. The predicted octanol–water partition coefficient (Wildman–Crippen LogP) is 2.26. The van der Waals surface area contributed by atoms with Gasteiger partial charge in [0.05, 0.1) is 0 Å². The molecule has 2 N–H and O–H groups in total. The van der Waals surface area contributed by atoms with Gasteiger partial charge in [0, 0.05) is 18.8 Å². The van der Waals surface area contributed by atoms with E-state index in [4.69, 9.17) is 0 Å². The number of nitrogens with one attached hydrogen (secondary N) is 2. The molecule has 1 heterocycles. The van der Waals surface area contributed by atoms with Gasteiger partial charge in [-0.1, -0.05) is 12.8 Å². The number of aromatic nitrogens is 2. The van der Waals surface area contributed by atoms with Crippen LogP contribution in [0.2, 0.25) is 0 Å². The van der Waals surface area contributed by atoms with Gasteiger partial charge in [-0.3, -0.25) is 0 Å². The Labute approximate surface area is 90.5 Å². The van der Waals surface area contributed by atoms with E-state index in [2.05, 4.69) is 20.6 Å². The third-order valence-electron chi connectivity index (χ3n) is 2.70. The van der Waals surface area contributed by atoms with Crippen molar-refractivity contribution in [2.45, 2.75) is 38.6 Å². The molecule has 0 amide bonds. The molecule has 0 radical (unpaired) electrons. The van der Waals surface area contributed by atoms with Crippen LogP contribution in [0.15, 0.2) is 12.3 Å². The zero-order valence-electron chi connectivity index (χ0n) is 9.16. The van der Waals surface area contributed by atoms with E-state index in [1.807, 2.05) is 13.0 Å². The van der Waals surface area contributed by atoms with E-state index < -0.39 is 0 Å². The van der Waals surface area contributed by atoms with Crippen LogP contribution in [-0.2, 0) is 0 Å². The van der Waals surface area contributed by atoms with Crippen LogP contribution in [0.3, 0.4) is 0 Å². The van der Waals surface area contributed by atoms with Gasteiger partial charge in [0.1, 0.15) is 5.82 Å². The second-order valence-electron chi connectivity index (χ2n) is 3.92. The van der Waals surface area contributed by atoms with Gasteiger partial charge in [0.25, 0.3) is 0 Å². The molecule has 0 aromatic carbocycles. The predicted molar refractivity (Wildman–Crippen MR) is 62.1 cm³/mol. The Bertz CT molecular complexity index is 307. The molecule has 4 nitrogen and oxygen atoms in total. The van der Waals surface area contributed by atoms with Gasteiger partial charge in [0.15, 0.2) is 0 Å². The Morgan fingerprint density at radius 2 is 2.20 bits per heavy atom. The van der Waals surface area contributed by atoms with E-state index in [1.165, 1.54) is 25.7 Å². The maximum atomic E-state index is 4.39. The van der Waals surface area contributed by atoms with Crippen molar-refractivity contribution in [2.24, 2.45) is 0 Å². The molecule has 0 unspecified atom stereocenters. The Kier molecular flexibility index (Phi) is 3.37. The monoisotopic (exact) mass is 206 g/mol. The molecule has 0 spiro atoms. The maximum absolute atomic E-state index is 4.39. The average Bonchev–Trinajstić information content (AvgIpc) is 2.71. The van der Waals surface area contributed by atoms with E-state index in [9.17, 15) is 0 Å². The summed E-state index contributed by atoms with van der Waals surface area (Å²) in [7, 11) is 0. The normalized spacial score (nSPS) is 16.6. The van der Waals surface area contributed by atoms with E-state index in [1.54, 1.807) is 6.20 Å². The van der Waals surface area contributed by atoms with Gasteiger partial charge in [-0.15, -0.1) is 0 Å². The SMILES string of the molecule is CCNc1nccc(NC2CCCC2)n1. The molecule has 1 saturated carbocycles. The Hall–Kier alpha value is -1.32. The highest BCUT2D eigenvalue weighted by Crippen LogP contribution is 2.21. The summed E-state index contributed by atoms with van der Waals surface area (Å²) in [6, 6.07) is 2.54. The molecule has 82 valence electrons. The van der Waals surface area contributed by atoms with Crippen molar-refractivity contribution in [3.63, 3.8) is 0 Å².